The fraction of sp³-hybridized carbons (Fsp3) is 0.348. The van der Waals surface area contributed by atoms with Gasteiger partial charge in [0.15, 0.2) is 0 Å². The molecule has 0 spiro atoms. The highest BCUT2D eigenvalue weighted by molar-refractivity contribution is 6.33. The van der Waals surface area contributed by atoms with Crippen LogP contribution in [0.5, 0.6) is 0 Å². The first-order valence-electron chi connectivity index (χ1n) is 9.75. The van der Waals surface area contributed by atoms with E-state index in [1.54, 1.807) is 43.4 Å². The van der Waals surface area contributed by atoms with Gasteiger partial charge in [-0.05, 0) is 35.2 Å². The van der Waals surface area contributed by atoms with Crippen molar-refractivity contribution in [2.45, 2.75) is 32.6 Å². The summed E-state index contributed by atoms with van der Waals surface area (Å²) in [5.74, 6) is -0.822. The summed E-state index contributed by atoms with van der Waals surface area (Å²) in [4.78, 5) is 37.9. The summed E-state index contributed by atoms with van der Waals surface area (Å²) < 4.78 is 0. The first kappa shape index (κ1) is 23.4. The Morgan fingerprint density at radius 1 is 1.00 bits per heavy atom. The summed E-state index contributed by atoms with van der Waals surface area (Å²) in [7, 11) is 1.54. The van der Waals surface area contributed by atoms with Crippen LogP contribution in [0.2, 0.25) is 5.02 Å². The molecule has 2 aromatic carbocycles. The van der Waals surface area contributed by atoms with Gasteiger partial charge in [-0.15, -0.1) is 0 Å². The zero-order valence-electron chi connectivity index (χ0n) is 17.8. The maximum absolute atomic E-state index is 12.3. The third-order valence-electron chi connectivity index (χ3n) is 4.59. The van der Waals surface area contributed by atoms with Crippen LogP contribution in [0.3, 0.4) is 0 Å². The van der Waals surface area contributed by atoms with Crippen molar-refractivity contribution in [2.75, 3.05) is 25.5 Å². The van der Waals surface area contributed by atoms with Gasteiger partial charge >= 0.3 is 0 Å². The lowest BCUT2D eigenvalue weighted by Crippen LogP contribution is -2.37. The molecule has 0 heterocycles. The van der Waals surface area contributed by atoms with Gasteiger partial charge in [-0.25, -0.2) is 0 Å². The monoisotopic (exact) mass is 429 g/mol. The number of carbonyl (C=O) groups excluding carboxylic acids is 3. The van der Waals surface area contributed by atoms with Crippen molar-refractivity contribution in [1.82, 2.24) is 10.2 Å². The number of anilines is 1. The summed E-state index contributed by atoms with van der Waals surface area (Å²) in [6.07, 6.45) is 0.0989. The summed E-state index contributed by atoms with van der Waals surface area (Å²) in [6.45, 7) is 6.41. The number of amides is 3. The van der Waals surface area contributed by atoms with Crippen LogP contribution in [0.1, 0.15) is 43.1 Å². The second-order valence-electron chi connectivity index (χ2n) is 8.11. The number of para-hydroxylation sites is 1. The fourth-order valence-corrected chi connectivity index (χ4v) is 2.94. The first-order chi connectivity index (χ1) is 14.1. The molecular formula is C23H28ClN3O3. The van der Waals surface area contributed by atoms with Gasteiger partial charge in [0.05, 0.1) is 17.3 Å². The minimum Gasteiger partial charge on any atom is -0.352 e. The molecule has 0 aromatic heterocycles. The van der Waals surface area contributed by atoms with Crippen LogP contribution in [0.4, 0.5) is 5.69 Å². The second-order valence-corrected chi connectivity index (χ2v) is 8.52. The van der Waals surface area contributed by atoms with Crippen LogP contribution in [0.25, 0.3) is 0 Å². The van der Waals surface area contributed by atoms with E-state index in [-0.39, 0.29) is 42.6 Å². The van der Waals surface area contributed by atoms with Crippen LogP contribution in [0.15, 0.2) is 48.5 Å². The van der Waals surface area contributed by atoms with E-state index in [0.717, 1.165) is 5.56 Å². The van der Waals surface area contributed by atoms with Crippen LogP contribution in [0, 0.1) is 0 Å². The van der Waals surface area contributed by atoms with Gasteiger partial charge < -0.3 is 15.5 Å². The van der Waals surface area contributed by atoms with Crippen LogP contribution < -0.4 is 10.6 Å². The van der Waals surface area contributed by atoms with Crippen molar-refractivity contribution >= 4 is 35.0 Å². The predicted octanol–water partition coefficient (Wildman–Crippen LogP) is 3.85. The minimum atomic E-state index is -0.345. The van der Waals surface area contributed by atoms with Crippen LogP contribution >= 0.6 is 11.6 Å². The highest BCUT2D eigenvalue weighted by atomic mass is 35.5. The molecule has 2 aromatic rings. The molecule has 0 aliphatic rings. The van der Waals surface area contributed by atoms with E-state index < -0.39 is 0 Å². The largest absolute Gasteiger partial charge is 0.352 e. The van der Waals surface area contributed by atoms with E-state index in [1.165, 1.54) is 4.90 Å². The third kappa shape index (κ3) is 6.88. The van der Waals surface area contributed by atoms with Gasteiger partial charge in [0.1, 0.15) is 0 Å². The number of nitrogens with zero attached hydrogens (tertiary/aromatic N) is 1. The first-order valence-corrected chi connectivity index (χ1v) is 10.1. The molecule has 0 aliphatic carbocycles. The average molecular weight is 430 g/mol. The van der Waals surface area contributed by atoms with Gasteiger partial charge in [0.25, 0.3) is 5.91 Å². The molecule has 0 atom stereocenters. The Labute approximate surface area is 182 Å². The molecule has 0 fully saturated rings. The topological polar surface area (TPSA) is 78.5 Å². The standard InChI is InChI=1S/C23H28ClN3O3/c1-23(2,3)17-11-9-16(10-12-17)22(30)25-14-13-21(29)27(4)15-20(28)26-19-8-6-5-7-18(19)24/h5-12H,13-15H2,1-4H3,(H,25,30)(H,26,28). The molecule has 160 valence electrons. The molecule has 0 saturated heterocycles. The average Bonchev–Trinajstić information content (AvgIpc) is 2.69. The van der Waals surface area contributed by atoms with Crippen molar-refractivity contribution in [1.29, 1.82) is 0 Å². The molecule has 0 aliphatic heterocycles. The van der Waals surface area contributed by atoms with Gasteiger partial charge in [0.2, 0.25) is 11.8 Å². The van der Waals surface area contributed by atoms with E-state index in [2.05, 4.69) is 31.4 Å². The molecule has 6 nitrogen and oxygen atoms in total. The van der Waals surface area contributed by atoms with Crippen LogP contribution in [-0.2, 0) is 15.0 Å². The van der Waals surface area contributed by atoms with E-state index in [9.17, 15) is 14.4 Å². The smallest absolute Gasteiger partial charge is 0.251 e. The maximum atomic E-state index is 12.3. The van der Waals surface area contributed by atoms with Crippen molar-refractivity contribution in [3.63, 3.8) is 0 Å². The molecule has 0 radical (unpaired) electrons. The van der Waals surface area contributed by atoms with Gasteiger partial charge in [-0.1, -0.05) is 56.6 Å². The lowest BCUT2D eigenvalue weighted by molar-refractivity contribution is -0.133. The molecule has 0 unspecified atom stereocenters. The Balaban J connectivity index is 1.77. The summed E-state index contributed by atoms with van der Waals surface area (Å²) in [6, 6.07) is 14.3. The highest BCUT2D eigenvalue weighted by Gasteiger charge is 2.16. The van der Waals surface area contributed by atoms with Crippen molar-refractivity contribution in [2.24, 2.45) is 0 Å². The van der Waals surface area contributed by atoms with E-state index in [4.69, 9.17) is 11.6 Å². The number of benzene rings is 2. The number of carbonyl (C=O) groups is 3. The Hall–Kier alpha value is -2.86. The zero-order chi connectivity index (χ0) is 22.3. The normalized spacial score (nSPS) is 11.0. The number of rotatable bonds is 7. The minimum absolute atomic E-state index is 0.0180. The highest BCUT2D eigenvalue weighted by Crippen LogP contribution is 2.22. The molecule has 30 heavy (non-hydrogen) atoms. The summed E-state index contributed by atoms with van der Waals surface area (Å²) in [5.41, 5.74) is 2.20. The lowest BCUT2D eigenvalue weighted by atomic mass is 9.87. The molecule has 0 bridgehead atoms. The third-order valence-corrected chi connectivity index (χ3v) is 4.92. The van der Waals surface area contributed by atoms with Gasteiger partial charge in [0, 0.05) is 25.6 Å². The Bertz CT molecular complexity index is 905. The van der Waals surface area contributed by atoms with Gasteiger partial charge in [-0.3, -0.25) is 14.4 Å². The molecule has 0 saturated carbocycles. The second kappa shape index (κ2) is 10.3. The number of halogens is 1. The SMILES string of the molecule is CN(CC(=O)Nc1ccccc1Cl)C(=O)CCNC(=O)c1ccc(C(C)(C)C)cc1. The molecule has 3 amide bonds. The van der Waals surface area contributed by atoms with Crippen molar-refractivity contribution in [3.05, 3.63) is 64.7 Å². The number of hydrogen-bond acceptors (Lipinski definition) is 3. The summed E-state index contributed by atoms with van der Waals surface area (Å²) >= 11 is 6.01. The lowest BCUT2D eigenvalue weighted by Gasteiger charge is -2.19. The maximum Gasteiger partial charge on any atom is 0.251 e. The molecular weight excluding hydrogens is 402 g/mol. The Morgan fingerprint density at radius 2 is 1.63 bits per heavy atom. The Morgan fingerprint density at radius 3 is 2.23 bits per heavy atom. The van der Waals surface area contributed by atoms with E-state index in [1.807, 2.05) is 12.1 Å². The van der Waals surface area contributed by atoms with E-state index in [0.29, 0.717) is 16.3 Å². The van der Waals surface area contributed by atoms with E-state index >= 15 is 0 Å². The Kier molecular flexibility index (Phi) is 8.00. The zero-order valence-corrected chi connectivity index (χ0v) is 18.5. The van der Waals surface area contributed by atoms with Crippen LogP contribution in [-0.4, -0.2) is 42.8 Å². The van der Waals surface area contributed by atoms with Crippen molar-refractivity contribution in [3.8, 4) is 0 Å². The van der Waals surface area contributed by atoms with Crippen molar-refractivity contribution < 1.29 is 14.4 Å². The molecule has 7 heteroatoms. The van der Waals surface area contributed by atoms with Gasteiger partial charge in [-0.2, -0.15) is 0 Å². The summed E-state index contributed by atoms with van der Waals surface area (Å²) in [5, 5.41) is 5.84. The number of likely N-dealkylation sites (N-methyl/N-ethyl adjacent to an activating group) is 1. The number of nitrogens with one attached hydrogen (secondary N) is 2. The molecule has 2 rings (SSSR count). The predicted molar refractivity (Wildman–Crippen MR) is 120 cm³/mol. The fourth-order valence-electron chi connectivity index (χ4n) is 2.75. The number of hydrogen-bond donors (Lipinski definition) is 2. The quantitative estimate of drug-likeness (QED) is 0.701. The molecule has 2 N–H and O–H groups in total.